The molecule has 32 heavy (non-hydrogen) atoms. The first-order valence-electron chi connectivity index (χ1n) is 12.3. The fourth-order valence-corrected chi connectivity index (χ4v) is 4.90. The van der Waals surface area contributed by atoms with Crippen molar-refractivity contribution < 1.29 is 14.3 Å². The van der Waals surface area contributed by atoms with Crippen LogP contribution in [0.5, 0.6) is 0 Å². The third-order valence-electron chi connectivity index (χ3n) is 6.82. The van der Waals surface area contributed by atoms with Gasteiger partial charge in [-0.25, -0.2) is 0 Å². The topological polar surface area (TPSA) is 70.7 Å². The molecule has 2 saturated heterocycles. The lowest BCUT2D eigenvalue weighted by Crippen LogP contribution is -2.55. The fraction of sp³-hybridized carbons (Fsp3) is 0.692. The molecule has 0 unspecified atom stereocenters. The van der Waals surface area contributed by atoms with Gasteiger partial charge < -0.3 is 15.4 Å². The zero-order valence-electron chi connectivity index (χ0n) is 20.1. The number of nitrogens with one attached hydrogen (secondary N) is 2. The minimum atomic E-state index is -0.495. The lowest BCUT2D eigenvalue weighted by Gasteiger charge is -2.41. The molecule has 0 aromatic heterocycles. The molecule has 0 radical (unpaired) electrons. The number of amides is 2. The normalized spacial score (nSPS) is 26.0. The number of likely N-dealkylation sites (tertiary alicyclic amines) is 1. The Morgan fingerprint density at radius 3 is 2.47 bits per heavy atom. The molecule has 2 aliphatic rings. The van der Waals surface area contributed by atoms with Gasteiger partial charge in [-0.1, -0.05) is 50.6 Å². The van der Waals surface area contributed by atoms with Gasteiger partial charge >= 0.3 is 0 Å². The summed E-state index contributed by atoms with van der Waals surface area (Å²) in [6.07, 6.45) is 5.07. The van der Waals surface area contributed by atoms with Crippen molar-refractivity contribution in [1.82, 2.24) is 15.5 Å². The maximum absolute atomic E-state index is 13.6. The molecule has 0 bridgehead atoms. The van der Waals surface area contributed by atoms with Gasteiger partial charge in [0.15, 0.2) is 0 Å². The Labute approximate surface area is 193 Å². The van der Waals surface area contributed by atoms with Crippen molar-refractivity contribution >= 4 is 11.8 Å². The molecule has 2 atom stereocenters. The standard InChI is InChI=1S/C26H41N3O3/c1-20(2)17-23-24(30)27-21(3)19-32-16-8-7-11-26(25(31)28-23)12-14-29(15-13-26)18-22-9-5-4-6-10-22/h4-6,9-10,20-21,23H,7-8,11-19H2,1-3H3,(H,27,30)(H,28,31)/t21-,23+/m1/s1. The predicted octanol–water partition coefficient (Wildman–Crippen LogP) is 3.50. The van der Waals surface area contributed by atoms with Crippen LogP contribution in [0.1, 0.15) is 64.9 Å². The Hall–Kier alpha value is -1.92. The van der Waals surface area contributed by atoms with E-state index in [1.165, 1.54) is 5.56 Å². The molecule has 1 spiro atoms. The van der Waals surface area contributed by atoms with Gasteiger partial charge in [-0.2, -0.15) is 0 Å². The fourth-order valence-electron chi connectivity index (χ4n) is 4.90. The number of carbonyl (C=O) groups excluding carboxylic acids is 2. The summed E-state index contributed by atoms with van der Waals surface area (Å²) in [4.78, 5) is 29.0. The maximum Gasteiger partial charge on any atom is 0.242 e. The molecule has 2 aliphatic heterocycles. The van der Waals surface area contributed by atoms with Crippen molar-refractivity contribution in [3.63, 3.8) is 0 Å². The quantitative estimate of drug-likeness (QED) is 0.747. The molecule has 2 N–H and O–H groups in total. The first kappa shape index (κ1) is 24.7. The summed E-state index contributed by atoms with van der Waals surface area (Å²) in [6, 6.07) is 9.95. The third-order valence-corrected chi connectivity index (χ3v) is 6.82. The Balaban J connectivity index is 1.71. The molecule has 1 aromatic rings. The second-order valence-corrected chi connectivity index (χ2v) is 10.1. The Kier molecular flexibility index (Phi) is 9.11. The van der Waals surface area contributed by atoms with Crippen molar-refractivity contribution in [2.75, 3.05) is 26.3 Å². The minimum Gasteiger partial charge on any atom is -0.379 e. The summed E-state index contributed by atoms with van der Waals surface area (Å²) in [6.45, 7) is 10.0. The van der Waals surface area contributed by atoms with Gasteiger partial charge in [-0.3, -0.25) is 14.5 Å². The average molecular weight is 444 g/mol. The second-order valence-electron chi connectivity index (χ2n) is 10.1. The Morgan fingerprint density at radius 1 is 1.06 bits per heavy atom. The molecular formula is C26H41N3O3. The van der Waals surface area contributed by atoms with Crippen molar-refractivity contribution in [1.29, 1.82) is 0 Å². The van der Waals surface area contributed by atoms with Crippen molar-refractivity contribution in [2.24, 2.45) is 11.3 Å². The van der Waals surface area contributed by atoms with Crippen LogP contribution in [0.3, 0.4) is 0 Å². The Morgan fingerprint density at radius 2 is 1.78 bits per heavy atom. The van der Waals surface area contributed by atoms with Gasteiger partial charge in [0, 0.05) is 19.2 Å². The highest BCUT2D eigenvalue weighted by atomic mass is 16.5. The van der Waals surface area contributed by atoms with E-state index in [2.05, 4.69) is 53.6 Å². The molecule has 6 heteroatoms. The molecule has 1 aromatic carbocycles. The smallest absolute Gasteiger partial charge is 0.242 e. The van der Waals surface area contributed by atoms with E-state index in [1.807, 2.05) is 13.0 Å². The number of hydrogen-bond donors (Lipinski definition) is 2. The van der Waals surface area contributed by atoms with Crippen LogP contribution >= 0.6 is 0 Å². The van der Waals surface area contributed by atoms with Crippen LogP contribution in [-0.2, 0) is 20.9 Å². The molecule has 2 heterocycles. The Bertz CT molecular complexity index is 729. The van der Waals surface area contributed by atoms with Gasteiger partial charge in [0.1, 0.15) is 6.04 Å². The SMILES string of the molecule is CC(C)C[C@@H]1NC(=O)C2(CCCCOC[C@@H](C)NC1=O)CCN(Cc1ccccc1)CC2. The molecule has 2 amide bonds. The lowest BCUT2D eigenvalue weighted by atomic mass is 9.73. The van der Waals surface area contributed by atoms with Crippen LogP contribution < -0.4 is 10.6 Å². The van der Waals surface area contributed by atoms with Crippen LogP contribution in [0.25, 0.3) is 0 Å². The van der Waals surface area contributed by atoms with E-state index >= 15 is 0 Å². The summed E-state index contributed by atoms with van der Waals surface area (Å²) in [5.74, 6) is 0.279. The van der Waals surface area contributed by atoms with E-state index in [-0.39, 0.29) is 17.9 Å². The van der Waals surface area contributed by atoms with Crippen molar-refractivity contribution in [3.05, 3.63) is 35.9 Å². The first-order chi connectivity index (χ1) is 15.4. The highest BCUT2D eigenvalue weighted by Gasteiger charge is 2.42. The lowest BCUT2D eigenvalue weighted by molar-refractivity contribution is -0.138. The summed E-state index contributed by atoms with van der Waals surface area (Å²) >= 11 is 0. The van der Waals surface area contributed by atoms with Gasteiger partial charge in [-0.05, 0) is 63.6 Å². The van der Waals surface area contributed by atoms with Gasteiger partial charge in [-0.15, -0.1) is 0 Å². The number of benzene rings is 1. The van der Waals surface area contributed by atoms with E-state index in [9.17, 15) is 9.59 Å². The van der Waals surface area contributed by atoms with Crippen LogP contribution in [0, 0.1) is 11.3 Å². The number of ether oxygens (including phenoxy) is 1. The minimum absolute atomic E-state index is 0.0606. The van der Waals surface area contributed by atoms with Crippen LogP contribution in [0.2, 0.25) is 0 Å². The monoisotopic (exact) mass is 443 g/mol. The summed E-state index contributed by atoms with van der Waals surface area (Å²) in [5, 5.41) is 6.20. The molecule has 0 saturated carbocycles. The van der Waals surface area contributed by atoms with Crippen molar-refractivity contribution in [3.8, 4) is 0 Å². The van der Waals surface area contributed by atoms with Crippen molar-refractivity contribution in [2.45, 2.75) is 77.9 Å². The number of hydrogen-bond acceptors (Lipinski definition) is 4. The van der Waals surface area contributed by atoms with Crippen LogP contribution in [0.15, 0.2) is 30.3 Å². The molecule has 6 nitrogen and oxygen atoms in total. The maximum atomic E-state index is 13.6. The highest BCUT2D eigenvalue weighted by Crippen LogP contribution is 2.38. The highest BCUT2D eigenvalue weighted by molar-refractivity contribution is 5.90. The first-order valence-corrected chi connectivity index (χ1v) is 12.3. The average Bonchev–Trinajstić information content (AvgIpc) is 2.77. The number of nitrogens with zero attached hydrogens (tertiary/aromatic N) is 1. The summed E-state index contributed by atoms with van der Waals surface area (Å²) in [5.41, 5.74) is 0.908. The van der Waals surface area contributed by atoms with E-state index in [4.69, 9.17) is 4.74 Å². The van der Waals surface area contributed by atoms with Gasteiger partial charge in [0.05, 0.1) is 12.0 Å². The zero-order chi connectivity index (χ0) is 23.0. The van der Waals surface area contributed by atoms with Gasteiger partial charge in [0.2, 0.25) is 11.8 Å². The van der Waals surface area contributed by atoms with Gasteiger partial charge in [0.25, 0.3) is 0 Å². The van der Waals surface area contributed by atoms with E-state index in [0.29, 0.717) is 25.6 Å². The second kappa shape index (κ2) is 11.8. The molecule has 0 aliphatic carbocycles. The molecule has 2 fully saturated rings. The predicted molar refractivity (Wildman–Crippen MR) is 127 cm³/mol. The number of piperidine rings is 1. The molecule has 3 rings (SSSR count). The largest absolute Gasteiger partial charge is 0.379 e. The molecular weight excluding hydrogens is 402 g/mol. The van der Waals surface area contributed by atoms with E-state index < -0.39 is 11.5 Å². The summed E-state index contributed by atoms with van der Waals surface area (Å²) in [7, 11) is 0. The number of rotatable bonds is 4. The van der Waals surface area contributed by atoms with E-state index in [0.717, 1.165) is 51.7 Å². The number of carbonyl (C=O) groups is 2. The molecule has 178 valence electrons. The third kappa shape index (κ3) is 7.04. The van der Waals surface area contributed by atoms with Crippen LogP contribution in [0.4, 0.5) is 0 Å². The van der Waals surface area contributed by atoms with Crippen LogP contribution in [-0.4, -0.2) is 55.1 Å². The summed E-state index contributed by atoms with van der Waals surface area (Å²) < 4.78 is 5.78. The van der Waals surface area contributed by atoms with E-state index in [1.54, 1.807) is 0 Å². The zero-order valence-corrected chi connectivity index (χ0v) is 20.1.